The standard InChI is InChI=1S/C14H17BrO4/c1-3-18-13(16)11(14(17)19-4-2)9-10-7-5-6-8-12(10)15/h5-8,11H,3-4,9H2,1-2H3. The smallest absolute Gasteiger partial charge is 0.320 e. The van der Waals surface area contributed by atoms with Crippen LogP contribution >= 0.6 is 15.9 Å². The van der Waals surface area contributed by atoms with Crippen LogP contribution in [0, 0.1) is 5.92 Å². The van der Waals surface area contributed by atoms with Crippen molar-refractivity contribution >= 4 is 27.9 Å². The third kappa shape index (κ3) is 4.67. The van der Waals surface area contributed by atoms with Crippen LogP contribution in [0.5, 0.6) is 0 Å². The minimum atomic E-state index is -0.918. The van der Waals surface area contributed by atoms with Gasteiger partial charge in [0.2, 0.25) is 0 Å². The predicted octanol–water partition coefficient (Wildman–Crippen LogP) is 2.73. The van der Waals surface area contributed by atoms with Crippen molar-refractivity contribution in [1.29, 1.82) is 0 Å². The third-order valence-corrected chi connectivity index (χ3v) is 3.30. The molecule has 0 saturated heterocycles. The maximum Gasteiger partial charge on any atom is 0.320 e. The van der Waals surface area contributed by atoms with Crippen LogP contribution in [-0.4, -0.2) is 25.2 Å². The van der Waals surface area contributed by atoms with Gasteiger partial charge in [0.05, 0.1) is 13.2 Å². The first kappa shape index (κ1) is 15.7. The molecule has 0 heterocycles. The van der Waals surface area contributed by atoms with E-state index in [1.165, 1.54) is 0 Å². The van der Waals surface area contributed by atoms with Crippen LogP contribution in [0.1, 0.15) is 19.4 Å². The van der Waals surface area contributed by atoms with Gasteiger partial charge in [0.1, 0.15) is 0 Å². The Balaban J connectivity index is 2.88. The lowest BCUT2D eigenvalue weighted by Gasteiger charge is -2.15. The molecule has 0 N–H and O–H groups in total. The number of benzene rings is 1. The summed E-state index contributed by atoms with van der Waals surface area (Å²) in [5.74, 6) is -2.01. The highest BCUT2D eigenvalue weighted by atomic mass is 79.9. The molecule has 1 aromatic carbocycles. The first-order valence-corrected chi connectivity index (χ1v) is 6.96. The highest BCUT2D eigenvalue weighted by Gasteiger charge is 2.30. The summed E-state index contributed by atoms with van der Waals surface area (Å²) in [6, 6.07) is 7.45. The lowest BCUT2D eigenvalue weighted by Crippen LogP contribution is -2.30. The van der Waals surface area contributed by atoms with Crippen molar-refractivity contribution in [1.82, 2.24) is 0 Å². The molecule has 0 aliphatic rings. The van der Waals surface area contributed by atoms with Gasteiger partial charge in [0, 0.05) is 4.47 Å². The van der Waals surface area contributed by atoms with Crippen LogP contribution < -0.4 is 0 Å². The molecule has 104 valence electrons. The molecule has 0 aliphatic heterocycles. The van der Waals surface area contributed by atoms with E-state index in [4.69, 9.17) is 9.47 Å². The van der Waals surface area contributed by atoms with E-state index in [0.29, 0.717) is 0 Å². The van der Waals surface area contributed by atoms with Gasteiger partial charge in [-0.3, -0.25) is 9.59 Å². The van der Waals surface area contributed by atoms with Crippen molar-refractivity contribution in [2.75, 3.05) is 13.2 Å². The number of esters is 2. The van der Waals surface area contributed by atoms with Gasteiger partial charge in [-0.15, -0.1) is 0 Å². The van der Waals surface area contributed by atoms with Crippen LogP contribution in [-0.2, 0) is 25.5 Å². The SMILES string of the molecule is CCOC(=O)C(Cc1ccccc1Br)C(=O)OCC. The zero-order chi connectivity index (χ0) is 14.3. The summed E-state index contributed by atoms with van der Waals surface area (Å²) in [5, 5.41) is 0. The van der Waals surface area contributed by atoms with Crippen molar-refractivity contribution < 1.29 is 19.1 Å². The summed E-state index contributed by atoms with van der Waals surface area (Å²) < 4.78 is 10.7. The molecule has 0 aromatic heterocycles. The van der Waals surface area contributed by atoms with Crippen molar-refractivity contribution in [2.24, 2.45) is 5.92 Å². The van der Waals surface area contributed by atoms with Crippen LogP contribution in [0.15, 0.2) is 28.7 Å². The van der Waals surface area contributed by atoms with Gasteiger partial charge >= 0.3 is 11.9 Å². The molecule has 5 heteroatoms. The van der Waals surface area contributed by atoms with Gasteiger partial charge in [-0.2, -0.15) is 0 Å². The van der Waals surface area contributed by atoms with E-state index < -0.39 is 17.9 Å². The highest BCUT2D eigenvalue weighted by molar-refractivity contribution is 9.10. The minimum Gasteiger partial charge on any atom is -0.465 e. The number of hydrogen-bond acceptors (Lipinski definition) is 4. The Morgan fingerprint density at radius 2 is 1.63 bits per heavy atom. The Kier molecular flexibility index (Phi) is 6.56. The van der Waals surface area contributed by atoms with Crippen molar-refractivity contribution in [3.8, 4) is 0 Å². The molecule has 0 atom stereocenters. The predicted molar refractivity (Wildman–Crippen MR) is 74.6 cm³/mol. The molecule has 4 nitrogen and oxygen atoms in total. The van der Waals surface area contributed by atoms with Gasteiger partial charge in [-0.1, -0.05) is 34.1 Å². The van der Waals surface area contributed by atoms with Gasteiger partial charge in [-0.05, 0) is 31.9 Å². The zero-order valence-corrected chi connectivity index (χ0v) is 12.6. The molecule has 0 aliphatic carbocycles. The Morgan fingerprint density at radius 1 is 1.11 bits per heavy atom. The van der Waals surface area contributed by atoms with Gasteiger partial charge in [0.25, 0.3) is 0 Å². The number of carbonyl (C=O) groups excluding carboxylic acids is 2. The van der Waals surface area contributed by atoms with E-state index >= 15 is 0 Å². The average molecular weight is 329 g/mol. The van der Waals surface area contributed by atoms with Gasteiger partial charge in [0.15, 0.2) is 5.92 Å². The van der Waals surface area contributed by atoms with Crippen molar-refractivity contribution in [2.45, 2.75) is 20.3 Å². The highest BCUT2D eigenvalue weighted by Crippen LogP contribution is 2.21. The molecular weight excluding hydrogens is 312 g/mol. The van der Waals surface area contributed by atoms with Crippen molar-refractivity contribution in [3.05, 3.63) is 34.3 Å². The normalized spacial score (nSPS) is 10.3. The van der Waals surface area contributed by atoms with E-state index in [1.54, 1.807) is 13.8 Å². The van der Waals surface area contributed by atoms with E-state index in [-0.39, 0.29) is 19.6 Å². The number of carbonyl (C=O) groups is 2. The summed E-state index contributed by atoms with van der Waals surface area (Å²) >= 11 is 3.40. The van der Waals surface area contributed by atoms with E-state index in [1.807, 2.05) is 24.3 Å². The molecule has 0 amide bonds. The molecule has 0 fully saturated rings. The summed E-state index contributed by atoms with van der Waals surface area (Å²) in [4.78, 5) is 23.7. The van der Waals surface area contributed by atoms with Gasteiger partial charge < -0.3 is 9.47 Å². The minimum absolute atomic E-state index is 0.241. The van der Waals surface area contributed by atoms with Crippen LogP contribution in [0.4, 0.5) is 0 Å². The average Bonchev–Trinajstić information content (AvgIpc) is 2.38. The maximum atomic E-state index is 11.8. The Hall–Kier alpha value is -1.36. The van der Waals surface area contributed by atoms with Gasteiger partial charge in [-0.25, -0.2) is 0 Å². The summed E-state index contributed by atoms with van der Waals surface area (Å²) in [5.41, 5.74) is 0.869. The fourth-order valence-corrected chi connectivity index (χ4v) is 2.08. The van der Waals surface area contributed by atoms with Crippen LogP contribution in [0.25, 0.3) is 0 Å². The largest absolute Gasteiger partial charge is 0.465 e. The Bertz CT molecular complexity index is 427. The molecular formula is C14H17BrO4. The molecule has 1 rings (SSSR count). The Morgan fingerprint density at radius 3 is 2.11 bits per heavy atom. The second kappa shape index (κ2) is 7.94. The second-order valence-corrected chi connectivity index (χ2v) is 4.71. The molecule has 0 radical (unpaired) electrons. The molecule has 0 unspecified atom stereocenters. The van der Waals surface area contributed by atoms with E-state index in [0.717, 1.165) is 10.0 Å². The summed E-state index contributed by atoms with van der Waals surface area (Å²) in [6.07, 6.45) is 0.263. The number of hydrogen-bond donors (Lipinski definition) is 0. The van der Waals surface area contributed by atoms with Crippen LogP contribution in [0.2, 0.25) is 0 Å². The fourth-order valence-electron chi connectivity index (χ4n) is 1.63. The topological polar surface area (TPSA) is 52.6 Å². The molecule has 19 heavy (non-hydrogen) atoms. The number of halogens is 1. The Labute approximate surface area is 121 Å². The zero-order valence-electron chi connectivity index (χ0n) is 11.0. The quantitative estimate of drug-likeness (QED) is 0.595. The summed E-state index contributed by atoms with van der Waals surface area (Å²) in [7, 11) is 0. The fraction of sp³-hybridized carbons (Fsp3) is 0.429. The summed E-state index contributed by atoms with van der Waals surface area (Å²) in [6.45, 7) is 3.90. The third-order valence-electron chi connectivity index (χ3n) is 2.52. The maximum absolute atomic E-state index is 11.8. The molecule has 0 spiro atoms. The lowest BCUT2D eigenvalue weighted by molar-refractivity contribution is -0.161. The monoisotopic (exact) mass is 328 g/mol. The molecule has 0 bridgehead atoms. The molecule has 1 aromatic rings. The first-order valence-electron chi connectivity index (χ1n) is 6.16. The lowest BCUT2D eigenvalue weighted by atomic mass is 9.99. The van der Waals surface area contributed by atoms with E-state index in [9.17, 15) is 9.59 Å². The second-order valence-electron chi connectivity index (χ2n) is 3.85. The molecule has 0 saturated carbocycles. The number of rotatable bonds is 6. The van der Waals surface area contributed by atoms with Crippen LogP contribution in [0.3, 0.4) is 0 Å². The first-order chi connectivity index (χ1) is 9.10. The van der Waals surface area contributed by atoms with Crippen molar-refractivity contribution in [3.63, 3.8) is 0 Å². The van der Waals surface area contributed by atoms with E-state index in [2.05, 4.69) is 15.9 Å². The number of ether oxygens (including phenoxy) is 2.